The van der Waals surface area contributed by atoms with Gasteiger partial charge in [-0.3, -0.25) is 4.52 Å². The second-order valence-electron chi connectivity index (χ2n) is 6.27. The van der Waals surface area contributed by atoms with E-state index in [4.69, 9.17) is 25.2 Å². The summed E-state index contributed by atoms with van der Waals surface area (Å²) in [5.74, 6) is -0.480. The van der Waals surface area contributed by atoms with Gasteiger partial charge in [0.2, 0.25) is 0 Å². The van der Waals surface area contributed by atoms with Crippen molar-refractivity contribution in [3.05, 3.63) is 23.9 Å². The molecule has 0 saturated carbocycles. The zero-order valence-electron chi connectivity index (χ0n) is 15.1. The van der Waals surface area contributed by atoms with Gasteiger partial charge in [-0.2, -0.15) is 8.62 Å². The van der Waals surface area contributed by atoms with Crippen LogP contribution in [0.4, 0.5) is 0 Å². The Morgan fingerprint density at radius 3 is 2.40 bits per heavy atom. The maximum atomic E-state index is 11.8. The van der Waals surface area contributed by atoms with E-state index in [9.17, 15) is 28.8 Å². The highest BCUT2D eigenvalue weighted by Gasteiger charge is 2.44. The highest BCUT2D eigenvalue weighted by molar-refractivity contribution is 7.66. The van der Waals surface area contributed by atoms with Gasteiger partial charge in [-0.25, -0.2) is 18.7 Å². The van der Waals surface area contributed by atoms with Crippen LogP contribution < -0.4 is 5.73 Å². The molecule has 0 radical (unpaired) electrons. The van der Waals surface area contributed by atoms with Gasteiger partial charge in [-0.15, -0.1) is 0 Å². The predicted molar refractivity (Wildman–Crippen MR) is 98.5 cm³/mol. The number of nitrogens with two attached hydrogens (primary N) is 1. The molecule has 0 bridgehead atoms. The van der Waals surface area contributed by atoms with E-state index in [-0.39, 0.29) is 18.9 Å². The zero-order valence-corrected chi connectivity index (χ0v) is 17.8. The molecular formula is C12H21N2O13P3. The first kappa shape index (κ1) is 25.5. The fraction of sp³-hybridized carbons (Fsp3) is 0.583. The van der Waals surface area contributed by atoms with Gasteiger partial charge in [0.25, 0.3) is 0 Å². The summed E-state index contributed by atoms with van der Waals surface area (Å²) < 4.78 is 50.9. The van der Waals surface area contributed by atoms with Gasteiger partial charge in [0.05, 0.1) is 25.4 Å². The highest BCUT2D eigenvalue weighted by Crippen LogP contribution is 2.66. The van der Waals surface area contributed by atoms with Crippen LogP contribution in [0.3, 0.4) is 0 Å². The van der Waals surface area contributed by atoms with E-state index < -0.39 is 54.3 Å². The molecular weight excluding hydrogens is 473 g/mol. The lowest BCUT2D eigenvalue weighted by atomic mass is 9.91. The van der Waals surface area contributed by atoms with Crippen molar-refractivity contribution >= 4 is 29.3 Å². The lowest BCUT2D eigenvalue weighted by Crippen LogP contribution is -2.29. The largest absolute Gasteiger partial charge is 0.490 e. The molecule has 0 aliphatic carbocycles. The Morgan fingerprint density at radius 2 is 1.83 bits per heavy atom. The number of phosphoric ester groups is 1. The van der Waals surface area contributed by atoms with Crippen molar-refractivity contribution in [3.8, 4) is 0 Å². The first-order valence-electron chi connectivity index (χ1n) is 8.09. The summed E-state index contributed by atoms with van der Waals surface area (Å²) in [6.07, 6.45) is -1.49. The number of amidine groups is 1. The summed E-state index contributed by atoms with van der Waals surface area (Å²) >= 11 is 0. The quantitative estimate of drug-likeness (QED) is 0.195. The molecule has 2 aliphatic heterocycles. The summed E-state index contributed by atoms with van der Waals surface area (Å²) in [5, 5.41) is 19.4. The SMILES string of the molecule is C=C1N=C(N)C(CO)=CC1C1CC(O)C(COP(=O)(O)OP(=O)(O)OP(=O)(O)O)O1. The van der Waals surface area contributed by atoms with E-state index in [0.717, 1.165) is 0 Å². The Labute approximate surface area is 169 Å². The van der Waals surface area contributed by atoms with E-state index >= 15 is 0 Å². The smallest absolute Gasteiger partial charge is 0.392 e. The molecule has 6 unspecified atom stereocenters. The van der Waals surface area contributed by atoms with Crippen LogP contribution in [0.2, 0.25) is 0 Å². The van der Waals surface area contributed by atoms with E-state index in [0.29, 0.717) is 11.3 Å². The molecule has 0 aromatic rings. The maximum absolute atomic E-state index is 11.8. The summed E-state index contributed by atoms with van der Waals surface area (Å²) in [4.78, 5) is 39.5. The van der Waals surface area contributed by atoms with Crippen molar-refractivity contribution in [1.29, 1.82) is 0 Å². The van der Waals surface area contributed by atoms with Crippen molar-refractivity contribution in [2.45, 2.75) is 24.7 Å². The molecule has 0 aromatic heterocycles. The monoisotopic (exact) mass is 494 g/mol. The van der Waals surface area contributed by atoms with Crippen LogP contribution in [0, 0.1) is 5.92 Å². The van der Waals surface area contributed by atoms with Gasteiger partial charge >= 0.3 is 23.5 Å². The lowest BCUT2D eigenvalue weighted by molar-refractivity contribution is -0.0284. The fourth-order valence-electron chi connectivity index (χ4n) is 2.77. The number of ether oxygens (including phenoxy) is 1. The second-order valence-corrected chi connectivity index (χ2v) is 10.7. The molecule has 0 aromatic carbocycles. The van der Waals surface area contributed by atoms with Crippen molar-refractivity contribution < 1.29 is 61.4 Å². The number of aliphatic hydroxyl groups is 2. The number of hydrogen-bond donors (Lipinski definition) is 7. The highest BCUT2D eigenvalue weighted by atomic mass is 31.3. The first-order chi connectivity index (χ1) is 13.6. The van der Waals surface area contributed by atoms with Crippen molar-refractivity contribution in [2.75, 3.05) is 13.2 Å². The van der Waals surface area contributed by atoms with Gasteiger partial charge in [-0.1, -0.05) is 12.7 Å². The van der Waals surface area contributed by atoms with Crippen LogP contribution in [0.25, 0.3) is 0 Å². The van der Waals surface area contributed by atoms with Crippen molar-refractivity contribution in [3.63, 3.8) is 0 Å². The summed E-state index contributed by atoms with van der Waals surface area (Å²) in [6, 6.07) is 0. The lowest BCUT2D eigenvalue weighted by Gasteiger charge is -2.25. The van der Waals surface area contributed by atoms with Crippen LogP contribution in [-0.2, 0) is 31.6 Å². The molecule has 0 spiro atoms. The Kier molecular flexibility index (Phi) is 7.98. The number of aliphatic hydroxyl groups excluding tert-OH is 2. The standard InChI is InChI=1S/C12H21N2O13P3/c1-6-8(2-7(4-15)12(13)14-6)10-3-9(16)11(25-10)5-24-29(20,21)27-30(22,23)26-28(17,18)19/h2,8-11,15-16H,1,3-5H2,(H2,13,14)(H,20,21)(H,22,23)(H2,17,18,19). The topological polar surface area (TPSA) is 248 Å². The molecule has 1 fully saturated rings. The maximum Gasteiger partial charge on any atom is 0.490 e. The molecule has 2 heterocycles. The molecule has 1 saturated heterocycles. The Morgan fingerprint density at radius 1 is 1.20 bits per heavy atom. The van der Waals surface area contributed by atoms with E-state index in [2.05, 4.69) is 24.7 Å². The minimum Gasteiger partial charge on any atom is -0.392 e. The van der Waals surface area contributed by atoms with E-state index in [1.54, 1.807) is 6.08 Å². The number of nitrogens with zero attached hydrogens (tertiary/aromatic N) is 1. The van der Waals surface area contributed by atoms with Crippen LogP contribution in [-0.4, -0.2) is 67.1 Å². The van der Waals surface area contributed by atoms with E-state index in [1.165, 1.54) is 0 Å². The molecule has 15 nitrogen and oxygen atoms in total. The number of phosphoric acid groups is 3. The average molecular weight is 494 g/mol. The zero-order chi connectivity index (χ0) is 22.9. The average Bonchev–Trinajstić information content (AvgIpc) is 2.90. The van der Waals surface area contributed by atoms with Crippen LogP contribution >= 0.6 is 23.5 Å². The van der Waals surface area contributed by atoms with Crippen molar-refractivity contribution in [1.82, 2.24) is 0 Å². The predicted octanol–water partition coefficient (Wildman–Crippen LogP) is -0.732. The van der Waals surface area contributed by atoms with Gasteiger partial charge in [-0.05, 0) is 0 Å². The van der Waals surface area contributed by atoms with Gasteiger partial charge in [0.15, 0.2) is 0 Å². The van der Waals surface area contributed by atoms with Crippen LogP contribution in [0.15, 0.2) is 28.9 Å². The third-order valence-corrected chi connectivity index (χ3v) is 7.80. The molecule has 0 amide bonds. The number of hydrogen-bond acceptors (Lipinski definition) is 11. The number of aliphatic imine (C=N–C) groups is 1. The molecule has 6 atom stereocenters. The summed E-state index contributed by atoms with van der Waals surface area (Å²) in [5.41, 5.74) is 6.29. The molecule has 8 N–H and O–H groups in total. The van der Waals surface area contributed by atoms with Gasteiger partial charge in [0.1, 0.15) is 11.9 Å². The number of rotatable bonds is 9. The second kappa shape index (κ2) is 9.39. The van der Waals surface area contributed by atoms with Gasteiger partial charge < -0.3 is 40.3 Å². The third kappa shape index (κ3) is 7.14. The molecule has 18 heteroatoms. The molecule has 172 valence electrons. The Bertz CT molecular complexity index is 883. The van der Waals surface area contributed by atoms with Crippen molar-refractivity contribution in [2.24, 2.45) is 16.6 Å². The first-order valence-corrected chi connectivity index (χ1v) is 12.6. The fourth-order valence-corrected chi connectivity index (χ4v) is 5.80. The Balaban J connectivity index is 1.98. The number of dihydropyridines is 1. The third-order valence-electron chi connectivity index (χ3n) is 4.00. The minimum absolute atomic E-state index is 0.0265. The summed E-state index contributed by atoms with van der Waals surface area (Å²) in [7, 11) is -16.5. The summed E-state index contributed by atoms with van der Waals surface area (Å²) in [6.45, 7) is 2.56. The Hall–Kier alpha value is -0.760. The van der Waals surface area contributed by atoms with Crippen LogP contribution in [0.5, 0.6) is 0 Å². The molecule has 2 aliphatic rings. The van der Waals surface area contributed by atoms with Gasteiger partial charge in [0, 0.05) is 23.6 Å². The van der Waals surface area contributed by atoms with Crippen LogP contribution in [0.1, 0.15) is 6.42 Å². The minimum atomic E-state index is -5.64. The molecule has 2 rings (SSSR count). The normalized spacial score (nSPS) is 31.6. The van der Waals surface area contributed by atoms with E-state index in [1.807, 2.05) is 0 Å². The molecule has 30 heavy (non-hydrogen) atoms.